The molecule has 0 saturated heterocycles. The second-order valence-corrected chi connectivity index (χ2v) is 7.39. The second-order valence-electron chi connectivity index (χ2n) is 6.44. The van der Waals surface area contributed by atoms with Crippen molar-refractivity contribution in [3.05, 3.63) is 75.7 Å². The van der Waals surface area contributed by atoms with Gasteiger partial charge >= 0.3 is 0 Å². The maximum absolute atomic E-state index is 12.2. The predicted molar refractivity (Wildman–Crippen MR) is 115 cm³/mol. The Morgan fingerprint density at radius 2 is 1.63 bits per heavy atom. The highest BCUT2D eigenvalue weighted by atomic mass is 32.1. The number of benzene rings is 2. The van der Waals surface area contributed by atoms with Crippen LogP contribution >= 0.6 is 11.3 Å². The first-order chi connectivity index (χ1) is 14.6. The number of thiazole rings is 1. The Kier molecular flexibility index (Phi) is 7.40. The first-order valence-corrected chi connectivity index (χ1v) is 10.3. The molecule has 0 radical (unpaired) electrons. The molecule has 0 fully saturated rings. The molecule has 7 nitrogen and oxygen atoms in total. The van der Waals surface area contributed by atoms with Gasteiger partial charge in [0.05, 0.1) is 7.11 Å². The van der Waals surface area contributed by atoms with E-state index in [2.05, 4.69) is 15.6 Å². The van der Waals surface area contributed by atoms with Crippen LogP contribution in [0.4, 0.5) is 0 Å². The summed E-state index contributed by atoms with van der Waals surface area (Å²) in [6, 6.07) is 14.7. The Hall–Kier alpha value is -3.39. The molecule has 156 valence electrons. The SMILES string of the molecule is COc1ccccc1OCc1nc(C(=O)NCCNC(=O)c2ccc(C)cc2)cs1. The molecular formula is C22H23N3O4S. The minimum absolute atomic E-state index is 0.173. The van der Waals surface area contributed by atoms with E-state index in [4.69, 9.17) is 9.47 Å². The van der Waals surface area contributed by atoms with Gasteiger partial charge in [0.1, 0.15) is 17.3 Å². The summed E-state index contributed by atoms with van der Waals surface area (Å²) in [7, 11) is 1.58. The van der Waals surface area contributed by atoms with Gasteiger partial charge in [-0.1, -0.05) is 29.8 Å². The van der Waals surface area contributed by atoms with E-state index in [1.165, 1.54) is 11.3 Å². The lowest BCUT2D eigenvalue weighted by atomic mass is 10.1. The van der Waals surface area contributed by atoms with Crippen LogP contribution in [-0.2, 0) is 6.61 Å². The maximum atomic E-state index is 12.2. The van der Waals surface area contributed by atoms with Crippen molar-refractivity contribution in [3.8, 4) is 11.5 Å². The smallest absolute Gasteiger partial charge is 0.270 e. The number of aromatic nitrogens is 1. The van der Waals surface area contributed by atoms with Crippen molar-refractivity contribution < 1.29 is 19.1 Å². The van der Waals surface area contributed by atoms with Gasteiger partial charge in [0, 0.05) is 24.0 Å². The van der Waals surface area contributed by atoms with Crippen molar-refractivity contribution in [1.29, 1.82) is 0 Å². The van der Waals surface area contributed by atoms with Crippen molar-refractivity contribution in [2.75, 3.05) is 20.2 Å². The summed E-state index contributed by atoms with van der Waals surface area (Å²) in [6.45, 7) is 2.84. The lowest BCUT2D eigenvalue weighted by Gasteiger charge is -2.08. The Labute approximate surface area is 179 Å². The summed E-state index contributed by atoms with van der Waals surface area (Å²) in [6.07, 6.45) is 0. The van der Waals surface area contributed by atoms with E-state index in [0.717, 1.165) is 5.56 Å². The quantitative estimate of drug-likeness (QED) is 0.514. The molecule has 8 heteroatoms. The van der Waals surface area contributed by atoms with E-state index < -0.39 is 0 Å². The Morgan fingerprint density at radius 1 is 0.967 bits per heavy atom. The molecule has 0 bridgehead atoms. The summed E-state index contributed by atoms with van der Waals surface area (Å²) in [5.41, 5.74) is 2.00. The number of nitrogens with one attached hydrogen (secondary N) is 2. The van der Waals surface area contributed by atoms with Gasteiger partial charge in [0.25, 0.3) is 11.8 Å². The number of aryl methyl sites for hydroxylation is 1. The number of hydrogen-bond donors (Lipinski definition) is 2. The third-order valence-electron chi connectivity index (χ3n) is 4.21. The topological polar surface area (TPSA) is 89.6 Å². The minimum atomic E-state index is -0.292. The zero-order chi connectivity index (χ0) is 21.3. The number of carbonyl (C=O) groups is 2. The molecule has 30 heavy (non-hydrogen) atoms. The van der Waals surface area contributed by atoms with Crippen LogP contribution in [0.3, 0.4) is 0 Å². The standard InChI is InChI=1S/C22H23N3O4S/c1-15-7-9-16(10-8-15)21(26)23-11-12-24-22(27)17-14-30-20(25-17)13-29-19-6-4-3-5-18(19)28-2/h3-10,14H,11-13H2,1-2H3,(H,23,26)(H,24,27). The van der Waals surface area contributed by atoms with E-state index in [0.29, 0.717) is 40.9 Å². The number of carbonyl (C=O) groups excluding carboxylic acids is 2. The van der Waals surface area contributed by atoms with Crippen LogP contribution in [0.5, 0.6) is 11.5 Å². The van der Waals surface area contributed by atoms with Crippen LogP contribution in [0.1, 0.15) is 31.4 Å². The number of hydrogen-bond acceptors (Lipinski definition) is 6. The molecule has 1 heterocycles. The number of amides is 2. The third-order valence-corrected chi connectivity index (χ3v) is 5.04. The molecule has 1 aromatic heterocycles. The lowest BCUT2D eigenvalue weighted by Crippen LogP contribution is -2.34. The van der Waals surface area contributed by atoms with Gasteiger partial charge < -0.3 is 20.1 Å². The molecule has 2 aromatic carbocycles. The molecule has 3 rings (SSSR count). The van der Waals surface area contributed by atoms with Crippen LogP contribution in [0.25, 0.3) is 0 Å². The molecule has 2 N–H and O–H groups in total. The summed E-state index contributed by atoms with van der Waals surface area (Å²) >= 11 is 1.35. The summed E-state index contributed by atoms with van der Waals surface area (Å²) < 4.78 is 11.0. The van der Waals surface area contributed by atoms with Gasteiger partial charge in [0.15, 0.2) is 11.5 Å². The molecule has 2 amide bonds. The summed E-state index contributed by atoms with van der Waals surface area (Å²) in [5, 5.41) is 7.89. The van der Waals surface area contributed by atoms with Crippen molar-refractivity contribution >= 4 is 23.2 Å². The van der Waals surface area contributed by atoms with Crippen LogP contribution < -0.4 is 20.1 Å². The van der Waals surface area contributed by atoms with Crippen LogP contribution in [0.2, 0.25) is 0 Å². The molecule has 0 aliphatic rings. The average molecular weight is 426 g/mol. The van der Waals surface area contributed by atoms with Crippen LogP contribution in [0.15, 0.2) is 53.9 Å². The lowest BCUT2D eigenvalue weighted by molar-refractivity contribution is 0.0925. The molecule has 0 unspecified atom stereocenters. The molecule has 0 spiro atoms. The normalized spacial score (nSPS) is 10.3. The number of rotatable bonds is 9. The fourth-order valence-corrected chi connectivity index (χ4v) is 3.29. The average Bonchev–Trinajstić information content (AvgIpc) is 3.25. The number of para-hydroxylation sites is 2. The Morgan fingerprint density at radius 3 is 2.33 bits per heavy atom. The maximum Gasteiger partial charge on any atom is 0.270 e. The van der Waals surface area contributed by atoms with Gasteiger partial charge in [-0.3, -0.25) is 9.59 Å². The van der Waals surface area contributed by atoms with Gasteiger partial charge in [-0.25, -0.2) is 4.98 Å². The molecule has 0 saturated carbocycles. The monoisotopic (exact) mass is 425 g/mol. The highest BCUT2D eigenvalue weighted by Gasteiger charge is 2.12. The molecule has 0 atom stereocenters. The highest BCUT2D eigenvalue weighted by Crippen LogP contribution is 2.27. The molecule has 0 aliphatic carbocycles. The van der Waals surface area contributed by atoms with E-state index in [9.17, 15) is 9.59 Å². The van der Waals surface area contributed by atoms with E-state index in [-0.39, 0.29) is 18.4 Å². The zero-order valence-electron chi connectivity index (χ0n) is 16.8. The first kappa shape index (κ1) is 21.3. The van der Waals surface area contributed by atoms with Crippen LogP contribution in [0, 0.1) is 6.92 Å². The van der Waals surface area contributed by atoms with Gasteiger partial charge in [-0.2, -0.15) is 0 Å². The van der Waals surface area contributed by atoms with Crippen molar-refractivity contribution in [3.63, 3.8) is 0 Å². The fourth-order valence-electron chi connectivity index (χ4n) is 2.61. The molecular weight excluding hydrogens is 402 g/mol. The number of nitrogens with zero attached hydrogens (tertiary/aromatic N) is 1. The van der Waals surface area contributed by atoms with Gasteiger partial charge in [-0.15, -0.1) is 11.3 Å². The van der Waals surface area contributed by atoms with Crippen molar-refractivity contribution in [2.24, 2.45) is 0 Å². The zero-order valence-corrected chi connectivity index (χ0v) is 17.6. The summed E-state index contributed by atoms with van der Waals surface area (Å²) in [5.74, 6) is 0.790. The van der Waals surface area contributed by atoms with E-state index in [1.807, 2.05) is 43.3 Å². The Balaban J connectivity index is 1.42. The second kappa shape index (κ2) is 10.4. The van der Waals surface area contributed by atoms with Gasteiger partial charge in [0.2, 0.25) is 0 Å². The van der Waals surface area contributed by atoms with Gasteiger partial charge in [-0.05, 0) is 31.2 Å². The third kappa shape index (κ3) is 5.81. The Bertz CT molecular complexity index is 1000. The molecule has 0 aliphatic heterocycles. The van der Waals surface area contributed by atoms with E-state index in [1.54, 1.807) is 24.6 Å². The first-order valence-electron chi connectivity index (χ1n) is 9.40. The largest absolute Gasteiger partial charge is 0.493 e. The fraction of sp³-hybridized carbons (Fsp3) is 0.227. The van der Waals surface area contributed by atoms with Crippen LogP contribution in [-0.4, -0.2) is 37.0 Å². The predicted octanol–water partition coefficient (Wildman–Crippen LogP) is 3.20. The summed E-state index contributed by atoms with van der Waals surface area (Å²) in [4.78, 5) is 28.6. The molecule has 3 aromatic rings. The van der Waals surface area contributed by atoms with E-state index >= 15 is 0 Å². The minimum Gasteiger partial charge on any atom is -0.493 e. The van der Waals surface area contributed by atoms with Crippen molar-refractivity contribution in [2.45, 2.75) is 13.5 Å². The number of methoxy groups -OCH3 is 1. The number of ether oxygens (including phenoxy) is 2. The van der Waals surface area contributed by atoms with Crippen molar-refractivity contribution in [1.82, 2.24) is 15.6 Å². The highest BCUT2D eigenvalue weighted by molar-refractivity contribution is 7.09.